The molecule has 3 rings (SSSR count). The molecule has 3 nitrogen and oxygen atoms in total. The minimum Gasteiger partial charge on any atom is -0.365 e. The number of anilines is 1. The van der Waals surface area contributed by atoms with Crippen LogP contribution >= 0.6 is 11.8 Å². The minimum atomic E-state index is -1.23. The second kappa shape index (κ2) is 7.75. The predicted octanol–water partition coefficient (Wildman–Crippen LogP) is 4.68. The smallest absolute Gasteiger partial charge is 0.144 e. The fourth-order valence-electron chi connectivity index (χ4n) is 2.61. The SMILES string of the molecule is CC(C)(C)S(=O)/N=C/c1ccc2c(c1)N(Cc1ccccc1)CCS2. The summed E-state index contributed by atoms with van der Waals surface area (Å²) in [5, 5.41) is 0. The molecule has 1 aliphatic rings. The van der Waals surface area contributed by atoms with Crippen molar-refractivity contribution in [1.82, 2.24) is 0 Å². The van der Waals surface area contributed by atoms with E-state index in [4.69, 9.17) is 0 Å². The van der Waals surface area contributed by atoms with Gasteiger partial charge in [0.2, 0.25) is 0 Å². The molecule has 2 aromatic carbocycles. The largest absolute Gasteiger partial charge is 0.365 e. The van der Waals surface area contributed by atoms with Crippen LogP contribution < -0.4 is 4.90 Å². The molecule has 0 aliphatic carbocycles. The van der Waals surface area contributed by atoms with Crippen LogP contribution in [0.4, 0.5) is 5.69 Å². The Kier molecular flexibility index (Phi) is 5.64. The maximum atomic E-state index is 12.1. The summed E-state index contributed by atoms with van der Waals surface area (Å²) in [7, 11) is -1.23. The second-order valence-corrected chi connectivity index (χ2v) is 10.1. The number of rotatable bonds is 4. The number of hydrogen-bond donors (Lipinski definition) is 0. The summed E-state index contributed by atoms with van der Waals surface area (Å²) in [6.07, 6.45) is 1.74. The Morgan fingerprint density at radius 3 is 2.68 bits per heavy atom. The molecule has 0 saturated heterocycles. The number of thioether (sulfide) groups is 1. The molecular formula is C20H24N2OS2. The Labute approximate surface area is 157 Å². The molecule has 2 aromatic rings. The van der Waals surface area contributed by atoms with Crippen LogP contribution in [0.25, 0.3) is 0 Å². The van der Waals surface area contributed by atoms with E-state index in [2.05, 4.69) is 51.8 Å². The van der Waals surface area contributed by atoms with Gasteiger partial charge < -0.3 is 4.90 Å². The predicted molar refractivity (Wildman–Crippen MR) is 110 cm³/mol. The van der Waals surface area contributed by atoms with E-state index in [9.17, 15) is 4.21 Å². The molecule has 1 aliphatic heterocycles. The van der Waals surface area contributed by atoms with Gasteiger partial charge in [-0.1, -0.05) is 36.4 Å². The highest BCUT2D eigenvalue weighted by Crippen LogP contribution is 2.36. The van der Waals surface area contributed by atoms with Gasteiger partial charge in [-0.05, 0) is 44.0 Å². The molecule has 1 unspecified atom stereocenters. The number of nitrogens with zero attached hydrogens (tertiary/aromatic N) is 2. The summed E-state index contributed by atoms with van der Waals surface area (Å²) in [5.41, 5.74) is 3.55. The lowest BCUT2D eigenvalue weighted by molar-refractivity contribution is 0.651. The van der Waals surface area contributed by atoms with E-state index in [1.807, 2.05) is 38.6 Å². The summed E-state index contributed by atoms with van der Waals surface area (Å²) in [4.78, 5) is 3.72. The Morgan fingerprint density at radius 2 is 1.96 bits per heavy atom. The van der Waals surface area contributed by atoms with Crippen molar-refractivity contribution in [2.45, 2.75) is 37.0 Å². The van der Waals surface area contributed by atoms with Gasteiger partial charge in [-0.2, -0.15) is 4.40 Å². The van der Waals surface area contributed by atoms with E-state index >= 15 is 0 Å². The van der Waals surface area contributed by atoms with Gasteiger partial charge in [-0.3, -0.25) is 0 Å². The molecule has 0 amide bonds. The van der Waals surface area contributed by atoms with Gasteiger partial charge in [0, 0.05) is 30.0 Å². The lowest BCUT2D eigenvalue weighted by Crippen LogP contribution is -2.28. The average Bonchev–Trinajstić information content (AvgIpc) is 2.60. The van der Waals surface area contributed by atoms with E-state index in [-0.39, 0.29) is 4.75 Å². The molecule has 1 heterocycles. The van der Waals surface area contributed by atoms with E-state index in [0.717, 1.165) is 24.4 Å². The summed E-state index contributed by atoms with van der Waals surface area (Å²) in [5.74, 6) is 1.10. The molecule has 0 bridgehead atoms. The van der Waals surface area contributed by atoms with Crippen molar-refractivity contribution in [3.63, 3.8) is 0 Å². The van der Waals surface area contributed by atoms with Gasteiger partial charge in [0.1, 0.15) is 11.0 Å². The van der Waals surface area contributed by atoms with Crippen LogP contribution in [-0.2, 0) is 17.5 Å². The highest BCUT2D eigenvalue weighted by Gasteiger charge is 2.19. The third kappa shape index (κ3) is 4.73. The van der Waals surface area contributed by atoms with Crippen molar-refractivity contribution in [2.75, 3.05) is 17.2 Å². The molecule has 132 valence electrons. The minimum absolute atomic E-state index is 0.333. The van der Waals surface area contributed by atoms with Gasteiger partial charge in [-0.25, -0.2) is 4.21 Å². The van der Waals surface area contributed by atoms with E-state index < -0.39 is 11.0 Å². The fourth-order valence-corrected chi connectivity index (χ4v) is 4.17. The summed E-state index contributed by atoms with van der Waals surface area (Å²) in [6.45, 7) is 7.74. The Bertz CT molecular complexity index is 782. The number of hydrogen-bond acceptors (Lipinski definition) is 3. The molecule has 1 atom stereocenters. The first kappa shape index (κ1) is 18.2. The van der Waals surface area contributed by atoms with Crippen LogP contribution in [0.2, 0.25) is 0 Å². The molecule has 25 heavy (non-hydrogen) atoms. The van der Waals surface area contributed by atoms with Gasteiger partial charge in [0.15, 0.2) is 0 Å². The monoisotopic (exact) mass is 372 g/mol. The van der Waals surface area contributed by atoms with Crippen molar-refractivity contribution in [2.24, 2.45) is 4.40 Å². The highest BCUT2D eigenvalue weighted by atomic mass is 32.2. The van der Waals surface area contributed by atoms with Crippen molar-refractivity contribution in [3.05, 3.63) is 59.7 Å². The fraction of sp³-hybridized carbons (Fsp3) is 0.350. The number of benzene rings is 2. The van der Waals surface area contributed by atoms with Crippen molar-refractivity contribution < 1.29 is 4.21 Å². The van der Waals surface area contributed by atoms with Crippen LogP contribution in [0.1, 0.15) is 31.9 Å². The van der Waals surface area contributed by atoms with Crippen molar-refractivity contribution >= 4 is 34.6 Å². The van der Waals surface area contributed by atoms with E-state index in [0.29, 0.717) is 0 Å². The standard InChI is InChI=1S/C20H24N2OS2/c1-20(2,3)25(23)21-14-17-9-10-19-18(13-17)22(11-12-24-19)15-16-7-5-4-6-8-16/h4-10,13-14H,11-12,15H2,1-3H3/b21-14+. The first-order valence-electron chi connectivity index (χ1n) is 8.45. The Hall–Kier alpha value is -1.59. The molecule has 0 fully saturated rings. The highest BCUT2D eigenvalue weighted by molar-refractivity contribution is 7.99. The zero-order chi connectivity index (χ0) is 17.9. The molecule has 0 N–H and O–H groups in total. The third-order valence-corrected chi connectivity index (χ3v) is 6.37. The van der Waals surface area contributed by atoms with Gasteiger partial charge in [-0.15, -0.1) is 11.8 Å². The third-order valence-electron chi connectivity index (χ3n) is 3.98. The zero-order valence-electron chi connectivity index (χ0n) is 14.9. The van der Waals surface area contributed by atoms with Crippen LogP contribution in [0, 0.1) is 0 Å². The summed E-state index contributed by atoms with van der Waals surface area (Å²) >= 11 is 1.89. The molecule has 0 aromatic heterocycles. The Balaban J connectivity index is 1.83. The quantitative estimate of drug-likeness (QED) is 0.731. The van der Waals surface area contributed by atoms with Crippen molar-refractivity contribution in [3.8, 4) is 0 Å². The molecule has 0 radical (unpaired) electrons. The summed E-state index contributed by atoms with van der Waals surface area (Å²) in [6, 6.07) is 16.9. The lowest BCUT2D eigenvalue weighted by Gasteiger charge is -2.31. The van der Waals surface area contributed by atoms with Crippen LogP contribution in [0.15, 0.2) is 57.8 Å². The second-order valence-electron chi connectivity index (χ2n) is 7.08. The molecular weight excluding hydrogens is 348 g/mol. The van der Waals surface area contributed by atoms with Crippen molar-refractivity contribution in [1.29, 1.82) is 0 Å². The van der Waals surface area contributed by atoms with Crippen LogP contribution in [-0.4, -0.2) is 27.5 Å². The van der Waals surface area contributed by atoms with Crippen LogP contribution in [0.5, 0.6) is 0 Å². The normalized spacial score (nSPS) is 16.0. The maximum absolute atomic E-state index is 12.1. The molecule has 5 heteroatoms. The topological polar surface area (TPSA) is 32.7 Å². The van der Waals surface area contributed by atoms with E-state index in [1.54, 1.807) is 6.21 Å². The molecule has 0 saturated carbocycles. The summed E-state index contributed by atoms with van der Waals surface area (Å²) < 4.78 is 16.0. The van der Waals surface area contributed by atoms with Gasteiger partial charge in [0.05, 0.1) is 10.4 Å². The first-order valence-corrected chi connectivity index (χ1v) is 10.5. The van der Waals surface area contributed by atoms with Gasteiger partial charge >= 0.3 is 0 Å². The average molecular weight is 373 g/mol. The Morgan fingerprint density at radius 1 is 1.20 bits per heavy atom. The van der Waals surface area contributed by atoms with Crippen LogP contribution in [0.3, 0.4) is 0 Å². The molecule has 0 spiro atoms. The number of fused-ring (bicyclic) bond motifs is 1. The first-order chi connectivity index (χ1) is 11.9. The lowest BCUT2D eigenvalue weighted by atomic mass is 10.1. The maximum Gasteiger partial charge on any atom is 0.144 e. The zero-order valence-corrected chi connectivity index (χ0v) is 16.6. The van der Waals surface area contributed by atoms with E-state index in [1.165, 1.54) is 16.1 Å². The van der Waals surface area contributed by atoms with Gasteiger partial charge in [0.25, 0.3) is 0 Å².